The molecule has 0 radical (unpaired) electrons. The Kier molecular flexibility index (Phi) is 8.59. The van der Waals surface area contributed by atoms with Crippen LogP contribution in [0, 0.1) is 11.8 Å². The van der Waals surface area contributed by atoms with Gasteiger partial charge in [-0.1, -0.05) is 43.3 Å². The van der Waals surface area contributed by atoms with E-state index >= 15 is 0 Å². The molecule has 2 aliphatic rings. The van der Waals surface area contributed by atoms with Gasteiger partial charge in [-0.2, -0.15) is 4.57 Å². The van der Waals surface area contributed by atoms with Crippen molar-refractivity contribution in [2.24, 2.45) is 11.8 Å². The highest BCUT2D eigenvalue weighted by atomic mass is 31.2. The predicted molar refractivity (Wildman–Crippen MR) is 148 cm³/mol. The number of nitrogens with zero attached hydrogens (tertiary/aromatic N) is 1. The van der Waals surface area contributed by atoms with Gasteiger partial charge in [-0.3, -0.25) is 9.59 Å². The Morgan fingerprint density at radius 2 is 1.51 bits per heavy atom. The van der Waals surface area contributed by atoms with Gasteiger partial charge in [0, 0.05) is 19.3 Å². The van der Waals surface area contributed by atoms with E-state index in [9.17, 15) is 14.2 Å². The summed E-state index contributed by atoms with van der Waals surface area (Å²) in [6.45, 7) is 11.4. The van der Waals surface area contributed by atoms with Crippen molar-refractivity contribution in [1.29, 1.82) is 0 Å². The molecule has 1 saturated heterocycles. The Morgan fingerprint density at radius 3 is 2.00 bits per heavy atom. The minimum Gasteiger partial charge on any atom is -0.465 e. The molecule has 4 atom stereocenters. The third-order valence-electron chi connectivity index (χ3n) is 6.51. The van der Waals surface area contributed by atoms with Crippen LogP contribution in [0.4, 0.5) is 0 Å². The normalized spacial score (nSPS) is 21.6. The van der Waals surface area contributed by atoms with Gasteiger partial charge in [0.1, 0.15) is 17.3 Å². The highest BCUT2D eigenvalue weighted by molar-refractivity contribution is 7.49. The van der Waals surface area contributed by atoms with Crippen molar-refractivity contribution in [2.75, 3.05) is 6.61 Å². The summed E-state index contributed by atoms with van der Waals surface area (Å²) in [4.78, 5) is 26.6. The summed E-state index contributed by atoms with van der Waals surface area (Å²) in [5.41, 5.74) is 0.503. The van der Waals surface area contributed by atoms with Crippen LogP contribution in [0.2, 0.25) is 19.6 Å². The molecule has 0 aliphatic carbocycles. The lowest BCUT2D eigenvalue weighted by atomic mass is 9.79. The number of ether oxygens (including phenoxy) is 1. The van der Waals surface area contributed by atoms with Crippen LogP contribution in [0.1, 0.15) is 27.2 Å². The lowest BCUT2D eigenvalue weighted by Crippen LogP contribution is -2.64. The molecule has 9 nitrogen and oxygen atoms in total. The topological polar surface area (TPSA) is 101 Å². The largest absolute Gasteiger partial charge is 0.646 e. The van der Waals surface area contributed by atoms with Gasteiger partial charge >= 0.3 is 13.8 Å². The summed E-state index contributed by atoms with van der Waals surface area (Å²) >= 11 is 0. The molecule has 2 aromatic rings. The SMILES string of the molecule is CC(=O)OCCC1=C(OP(=O)(Oc2ccccc2)Oc2ccccc2)[C@H](C)[C@@H]2[C@@H]([C@@H](C)O[Si](C)(C)C)C(=O)N12. The molecule has 2 aliphatic heterocycles. The van der Waals surface area contributed by atoms with Crippen LogP contribution in [0.25, 0.3) is 0 Å². The van der Waals surface area contributed by atoms with Crippen molar-refractivity contribution in [3.05, 3.63) is 72.1 Å². The highest BCUT2D eigenvalue weighted by Crippen LogP contribution is 2.57. The van der Waals surface area contributed by atoms with E-state index in [1.165, 1.54) is 6.92 Å². The number of fused-ring (bicyclic) bond motifs is 1. The van der Waals surface area contributed by atoms with E-state index in [-0.39, 0.29) is 42.9 Å². The van der Waals surface area contributed by atoms with Gasteiger partial charge in [0.25, 0.3) is 0 Å². The maximum absolute atomic E-state index is 14.2. The first-order chi connectivity index (χ1) is 18.4. The molecule has 0 aromatic heterocycles. The summed E-state index contributed by atoms with van der Waals surface area (Å²) in [5.74, 6) is -0.329. The summed E-state index contributed by atoms with van der Waals surface area (Å²) < 4.78 is 43.5. The average Bonchev–Trinajstić information content (AvgIpc) is 3.06. The van der Waals surface area contributed by atoms with Crippen LogP contribution < -0.4 is 9.05 Å². The first-order valence-corrected chi connectivity index (χ1v) is 17.9. The molecule has 2 aromatic carbocycles. The number of carbonyl (C=O) groups is 2. The van der Waals surface area contributed by atoms with Crippen molar-refractivity contribution < 1.29 is 36.9 Å². The number of hydrogen-bond acceptors (Lipinski definition) is 8. The molecule has 0 unspecified atom stereocenters. The van der Waals surface area contributed by atoms with E-state index in [4.69, 9.17) is 22.7 Å². The molecule has 4 rings (SSSR count). The van der Waals surface area contributed by atoms with E-state index in [0.29, 0.717) is 23.0 Å². The summed E-state index contributed by atoms with van der Waals surface area (Å²) in [6.07, 6.45) is -0.0939. The Labute approximate surface area is 230 Å². The zero-order chi connectivity index (χ0) is 28.4. The van der Waals surface area contributed by atoms with Gasteiger partial charge in [0.2, 0.25) is 5.91 Å². The highest BCUT2D eigenvalue weighted by Gasteiger charge is 2.60. The van der Waals surface area contributed by atoms with Gasteiger partial charge in [-0.15, -0.1) is 0 Å². The van der Waals surface area contributed by atoms with E-state index < -0.39 is 22.1 Å². The maximum atomic E-state index is 14.2. The van der Waals surface area contributed by atoms with Crippen LogP contribution in [0.15, 0.2) is 72.1 Å². The fourth-order valence-corrected chi connectivity index (χ4v) is 7.74. The van der Waals surface area contributed by atoms with Gasteiger partial charge in [-0.25, -0.2) is 0 Å². The number of hydrogen-bond donors (Lipinski definition) is 0. The second-order valence-electron chi connectivity index (χ2n) is 10.7. The second-order valence-corrected chi connectivity index (χ2v) is 16.6. The predicted octanol–water partition coefficient (Wildman–Crippen LogP) is 6.15. The van der Waals surface area contributed by atoms with Crippen molar-refractivity contribution in [3.8, 4) is 11.5 Å². The summed E-state index contributed by atoms with van der Waals surface area (Å²) in [5, 5.41) is 0. The van der Waals surface area contributed by atoms with Crippen molar-refractivity contribution in [2.45, 2.75) is 59.0 Å². The van der Waals surface area contributed by atoms with Gasteiger partial charge in [0.05, 0.1) is 30.4 Å². The number of phosphoric ester groups is 1. The molecule has 210 valence electrons. The molecule has 0 saturated carbocycles. The maximum Gasteiger partial charge on any atom is 0.646 e. The zero-order valence-corrected chi connectivity index (χ0v) is 25.1. The molecular formula is C28H36NO8PSi. The Balaban J connectivity index is 1.67. The van der Waals surface area contributed by atoms with Crippen molar-refractivity contribution in [3.63, 3.8) is 0 Å². The van der Waals surface area contributed by atoms with Crippen LogP contribution >= 0.6 is 7.82 Å². The molecule has 39 heavy (non-hydrogen) atoms. The fraction of sp³-hybridized carbons (Fsp3) is 0.429. The smallest absolute Gasteiger partial charge is 0.465 e. The van der Waals surface area contributed by atoms with Crippen LogP contribution in [-0.4, -0.2) is 43.8 Å². The molecule has 2 heterocycles. The molecule has 1 fully saturated rings. The monoisotopic (exact) mass is 573 g/mol. The molecular weight excluding hydrogens is 537 g/mol. The number of rotatable bonds is 12. The number of para-hydroxylation sites is 2. The fourth-order valence-electron chi connectivity index (χ4n) is 5.09. The minimum absolute atomic E-state index is 0.0375. The first-order valence-electron chi connectivity index (χ1n) is 13.0. The molecule has 11 heteroatoms. The van der Waals surface area contributed by atoms with E-state index in [2.05, 4.69) is 19.6 Å². The number of amides is 1. The number of phosphoric acid groups is 1. The lowest BCUT2D eigenvalue weighted by molar-refractivity contribution is -0.159. The third kappa shape index (κ3) is 6.75. The van der Waals surface area contributed by atoms with Crippen LogP contribution in [0.5, 0.6) is 11.5 Å². The lowest BCUT2D eigenvalue weighted by Gasteiger charge is -2.48. The van der Waals surface area contributed by atoms with Gasteiger partial charge in [-0.05, 0) is 50.8 Å². The average molecular weight is 574 g/mol. The van der Waals surface area contributed by atoms with E-state index in [1.54, 1.807) is 53.4 Å². The van der Waals surface area contributed by atoms with Crippen LogP contribution in [-0.2, 0) is 27.8 Å². The van der Waals surface area contributed by atoms with E-state index in [1.807, 2.05) is 26.0 Å². The summed E-state index contributed by atoms with van der Waals surface area (Å²) in [7, 11) is -6.20. The zero-order valence-electron chi connectivity index (χ0n) is 23.2. The van der Waals surface area contributed by atoms with Crippen LogP contribution in [0.3, 0.4) is 0 Å². The van der Waals surface area contributed by atoms with E-state index in [0.717, 1.165) is 0 Å². The number of benzene rings is 2. The molecule has 1 amide bonds. The standard InChI is InChI=1S/C28H36NO8PSi/c1-19-26-25(20(2)37-39(4,5)6)28(31)29(26)24(17-18-33-21(3)30)27(19)36-38(32,34-22-13-9-7-10-14-22)35-23-15-11-8-12-16-23/h7-16,19-20,25-26H,17-18H2,1-6H3/t19-,20-,25-,26-/m1/s1. The minimum atomic E-state index is -4.29. The molecule has 0 spiro atoms. The third-order valence-corrected chi connectivity index (χ3v) is 8.88. The Bertz CT molecular complexity index is 1220. The molecule has 0 N–H and O–H groups in total. The second kappa shape index (κ2) is 11.6. The number of esters is 1. The van der Waals surface area contributed by atoms with Crippen molar-refractivity contribution >= 4 is 28.0 Å². The Morgan fingerprint density at radius 1 is 0.974 bits per heavy atom. The van der Waals surface area contributed by atoms with Gasteiger partial charge < -0.3 is 27.6 Å². The Hall–Kier alpha value is -3.07. The quantitative estimate of drug-likeness (QED) is 0.129. The van der Waals surface area contributed by atoms with Gasteiger partial charge in [0.15, 0.2) is 8.32 Å². The summed E-state index contributed by atoms with van der Waals surface area (Å²) in [6, 6.07) is 17.0. The first kappa shape index (κ1) is 28.9. The van der Waals surface area contributed by atoms with Crippen molar-refractivity contribution in [1.82, 2.24) is 4.90 Å². The number of β-lactam (4-membered cyclic amide) rings is 1. The number of carbonyl (C=O) groups excluding carboxylic acids is 2. The molecule has 0 bridgehead atoms.